The number of aromatic nitrogens is 3. The zero-order valence-electron chi connectivity index (χ0n) is 12.1. The van der Waals surface area contributed by atoms with Crippen LogP contribution in [-0.4, -0.2) is 45.2 Å². The molecule has 0 aromatic carbocycles. The van der Waals surface area contributed by atoms with Crippen molar-refractivity contribution in [3.8, 4) is 0 Å². The predicted molar refractivity (Wildman–Crippen MR) is 75.0 cm³/mol. The molecular weight excluding hydrogens is 274 g/mol. The van der Waals surface area contributed by atoms with Gasteiger partial charge in [-0.15, -0.1) is 5.10 Å². The Balaban J connectivity index is 1.64. The number of carboxylic acids is 1. The third-order valence-electron chi connectivity index (χ3n) is 3.75. The zero-order valence-corrected chi connectivity index (χ0v) is 12.1. The SMILES string of the molecule is CCCC1(CNC(=O)NCCn2cc(C(=O)O)nn2)CC1. The number of aromatic carboxylic acids is 1. The van der Waals surface area contributed by atoms with Gasteiger partial charge >= 0.3 is 12.0 Å². The fraction of sp³-hybridized carbons (Fsp3) is 0.692. The van der Waals surface area contributed by atoms with E-state index >= 15 is 0 Å². The van der Waals surface area contributed by atoms with Crippen molar-refractivity contribution in [1.29, 1.82) is 0 Å². The summed E-state index contributed by atoms with van der Waals surface area (Å²) >= 11 is 0. The van der Waals surface area contributed by atoms with Crippen LogP contribution in [0.1, 0.15) is 43.1 Å². The third kappa shape index (κ3) is 4.44. The minimum absolute atomic E-state index is 0.102. The third-order valence-corrected chi connectivity index (χ3v) is 3.75. The number of nitrogens with one attached hydrogen (secondary N) is 2. The van der Waals surface area contributed by atoms with Crippen molar-refractivity contribution < 1.29 is 14.7 Å². The van der Waals surface area contributed by atoms with E-state index in [-0.39, 0.29) is 11.7 Å². The summed E-state index contributed by atoms with van der Waals surface area (Å²) in [6.07, 6.45) is 6.02. The predicted octanol–water partition coefficient (Wildman–Crippen LogP) is 0.856. The summed E-state index contributed by atoms with van der Waals surface area (Å²) in [4.78, 5) is 22.3. The Kier molecular flexibility index (Phi) is 4.77. The van der Waals surface area contributed by atoms with Crippen LogP contribution in [0.3, 0.4) is 0 Å². The lowest BCUT2D eigenvalue weighted by Crippen LogP contribution is -2.40. The second kappa shape index (κ2) is 6.55. The Bertz CT molecular complexity index is 510. The lowest BCUT2D eigenvalue weighted by atomic mass is 10.0. The van der Waals surface area contributed by atoms with E-state index in [0.717, 1.165) is 19.4 Å². The summed E-state index contributed by atoms with van der Waals surface area (Å²) in [5.74, 6) is -1.11. The molecule has 1 aliphatic carbocycles. The average Bonchev–Trinajstić information content (AvgIpc) is 3.04. The van der Waals surface area contributed by atoms with Crippen LogP contribution in [0.25, 0.3) is 0 Å². The Morgan fingerprint density at radius 3 is 2.76 bits per heavy atom. The number of carbonyl (C=O) groups excluding carboxylic acids is 1. The minimum Gasteiger partial charge on any atom is -0.476 e. The molecule has 1 fully saturated rings. The summed E-state index contributed by atoms with van der Waals surface area (Å²) < 4.78 is 1.39. The Labute approximate surface area is 122 Å². The van der Waals surface area contributed by atoms with Gasteiger partial charge in [-0.1, -0.05) is 18.6 Å². The largest absolute Gasteiger partial charge is 0.476 e. The van der Waals surface area contributed by atoms with Gasteiger partial charge in [0.1, 0.15) is 0 Å². The minimum atomic E-state index is -1.11. The van der Waals surface area contributed by atoms with Crippen molar-refractivity contribution in [2.45, 2.75) is 39.2 Å². The van der Waals surface area contributed by atoms with Crippen molar-refractivity contribution in [1.82, 2.24) is 25.6 Å². The van der Waals surface area contributed by atoms with Gasteiger partial charge in [-0.05, 0) is 24.7 Å². The first-order chi connectivity index (χ1) is 10.0. The molecule has 0 aliphatic heterocycles. The summed E-state index contributed by atoms with van der Waals surface area (Å²) in [5, 5.41) is 21.5. The first kappa shape index (κ1) is 15.3. The first-order valence-corrected chi connectivity index (χ1v) is 7.20. The quantitative estimate of drug-likeness (QED) is 0.659. The number of hydrogen-bond donors (Lipinski definition) is 3. The molecule has 8 nitrogen and oxygen atoms in total. The van der Waals surface area contributed by atoms with Crippen LogP contribution < -0.4 is 10.6 Å². The highest BCUT2D eigenvalue weighted by atomic mass is 16.4. The van der Waals surface area contributed by atoms with Gasteiger partial charge < -0.3 is 15.7 Å². The number of carboxylic acid groups (broad SMARTS) is 1. The highest BCUT2D eigenvalue weighted by Crippen LogP contribution is 2.48. The number of rotatable bonds is 8. The molecule has 3 N–H and O–H groups in total. The van der Waals surface area contributed by atoms with Gasteiger partial charge in [0, 0.05) is 13.1 Å². The number of urea groups is 1. The molecule has 0 bridgehead atoms. The fourth-order valence-electron chi connectivity index (χ4n) is 2.34. The van der Waals surface area contributed by atoms with E-state index in [1.807, 2.05) is 0 Å². The van der Waals surface area contributed by atoms with Crippen LogP contribution in [0.4, 0.5) is 4.79 Å². The molecule has 0 radical (unpaired) electrons. The molecule has 1 aliphatic rings. The number of nitrogens with zero attached hydrogens (tertiary/aromatic N) is 3. The van der Waals surface area contributed by atoms with E-state index in [4.69, 9.17) is 5.11 Å². The molecule has 2 amide bonds. The van der Waals surface area contributed by atoms with Crippen molar-refractivity contribution in [3.05, 3.63) is 11.9 Å². The Hall–Kier alpha value is -2.12. The highest BCUT2D eigenvalue weighted by molar-refractivity contribution is 5.84. The van der Waals surface area contributed by atoms with Gasteiger partial charge in [0.05, 0.1) is 12.7 Å². The van der Waals surface area contributed by atoms with Crippen LogP contribution in [0.5, 0.6) is 0 Å². The number of hydrogen-bond acceptors (Lipinski definition) is 4. The van der Waals surface area contributed by atoms with E-state index in [0.29, 0.717) is 18.5 Å². The maximum absolute atomic E-state index is 11.7. The van der Waals surface area contributed by atoms with E-state index in [9.17, 15) is 9.59 Å². The van der Waals surface area contributed by atoms with Gasteiger partial charge in [-0.25, -0.2) is 14.3 Å². The monoisotopic (exact) mass is 295 g/mol. The van der Waals surface area contributed by atoms with E-state index < -0.39 is 5.97 Å². The summed E-state index contributed by atoms with van der Waals surface area (Å²) in [5.41, 5.74) is 0.226. The summed E-state index contributed by atoms with van der Waals surface area (Å²) in [6.45, 7) is 3.63. The molecule has 21 heavy (non-hydrogen) atoms. The maximum Gasteiger partial charge on any atom is 0.358 e. The maximum atomic E-state index is 11.7. The number of carbonyl (C=O) groups is 2. The molecular formula is C13H21N5O3. The van der Waals surface area contributed by atoms with Crippen LogP contribution in [-0.2, 0) is 6.54 Å². The average molecular weight is 295 g/mol. The summed E-state index contributed by atoms with van der Waals surface area (Å²) in [6, 6.07) is -0.198. The smallest absolute Gasteiger partial charge is 0.358 e. The van der Waals surface area contributed by atoms with Crippen LogP contribution in [0.2, 0.25) is 0 Å². The van der Waals surface area contributed by atoms with E-state index in [1.165, 1.54) is 23.7 Å². The van der Waals surface area contributed by atoms with Gasteiger partial charge in [-0.2, -0.15) is 0 Å². The molecule has 116 valence electrons. The first-order valence-electron chi connectivity index (χ1n) is 7.20. The zero-order chi connectivity index (χ0) is 15.3. The fourth-order valence-corrected chi connectivity index (χ4v) is 2.34. The van der Waals surface area contributed by atoms with Gasteiger partial charge in [-0.3, -0.25) is 0 Å². The topological polar surface area (TPSA) is 109 Å². The Morgan fingerprint density at radius 2 is 2.19 bits per heavy atom. The molecule has 1 aromatic rings. The molecule has 1 aromatic heterocycles. The standard InChI is InChI=1S/C13H21N5O3/c1-2-3-13(4-5-13)9-15-12(21)14-6-7-18-8-10(11(19)20)16-17-18/h8H,2-7,9H2,1H3,(H,19,20)(H2,14,15,21). The lowest BCUT2D eigenvalue weighted by Gasteiger charge is -2.15. The molecule has 1 heterocycles. The van der Waals surface area contributed by atoms with Crippen molar-refractivity contribution in [3.63, 3.8) is 0 Å². The second-order valence-electron chi connectivity index (χ2n) is 5.53. The van der Waals surface area contributed by atoms with Crippen LogP contribution in [0.15, 0.2) is 6.20 Å². The van der Waals surface area contributed by atoms with Crippen LogP contribution >= 0.6 is 0 Å². The van der Waals surface area contributed by atoms with Crippen LogP contribution in [0, 0.1) is 5.41 Å². The van der Waals surface area contributed by atoms with E-state index in [2.05, 4.69) is 27.9 Å². The second-order valence-corrected chi connectivity index (χ2v) is 5.53. The highest BCUT2D eigenvalue weighted by Gasteiger charge is 2.41. The van der Waals surface area contributed by atoms with Crippen molar-refractivity contribution >= 4 is 12.0 Å². The number of amides is 2. The molecule has 2 rings (SSSR count). The lowest BCUT2D eigenvalue weighted by molar-refractivity contribution is 0.0690. The van der Waals surface area contributed by atoms with Gasteiger partial charge in [0.15, 0.2) is 5.69 Å². The Morgan fingerprint density at radius 1 is 1.43 bits per heavy atom. The molecule has 0 atom stereocenters. The molecule has 8 heteroatoms. The van der Waals surface area contributed by atoms with Gasteiger partial charge in [0.25, 0.3) is 0 Å². The van der Waals surface area contributed by atoms with E-state index in [1.54, 1.807) is 0 Å². The van der Waals surface area contributed by atoms with Gasteiger partial charge in [0.2, 0.25) is 0 Å². The normalized spacial score (nSPS) is 15.5. The molecule has 0 saturated heterocycles. The molecule has 1 saturated carbocycles. The molecule has 0 unspecified atom stereocenters. The van der Waals surface area contributed by atoms with Crippen molar-refractivity contribution in [2.24, 2.45) is 5.41 Å². The van der Waals surface area contributed by atoms with Crippen molar-refractivity contribution in [2.75, 3.05) is 13.1 Å². The molecule has 0 spiro atoms. The summed E-state index contributed by atoms with van der Waals surface area (Å²) in [7, 11) is 0.